The van der Waals surface area contributed by atoms with Crippen LogP contribution in [-0.2, 0) is 10.0 Å². The van der Waals surface area contributed by atoms with Crippen LogP contribution in [0.4, 0.5) is 10.5 Å². The molecule has 7 heteroatoms. The number of carbonyl (C=O) groups is 1. The number of nitrogens with one attached hydrogen (secondary N) is 2. The van der Waals surface area contributed by atoms with Gasteiger partial charge in [-0.25, -0.2) is 13.2 Å². The topological polar surface area (TPSA) is 78.5 Å². The van der Waals surface area contributed by atoms with E-state index in [2.05, 4.69) is 10.6 Å². The molecular weight excluding hydrogens is 290 g/mol. The Labute approximate surface area is 126 Å². The summed E-state index contributed by atoms with van der Waals surface area (Å²) in [5, 5.41) is 5.33. The summed E-state index contributed by atoms with van der Waals surface area (Å²) in [5.74, 6) is 0. The highest BCUT2D eigenvalue weighted by Crippen LogP contribution is 2.17. The van der Waals surface area contributed by atoms with E-state index in [9.17, 15) is 13.2 Å². The van der Waals surface area contributed by atoms with Crippen molar-refractivity contribution in [2.45, 2.75) is 26.8 Å². The van der Waals surface area contributed by atoms with Crippen molar-refractivity contribution in [2.75, 3.05) is 23.7 Å². The highest BCUT2D eigenvalue weighted by Gasteiger charge is 2.17. The van der Waals surface area contributed by atoms with Crippen LogP contribution in [0, 0.1) is 6.92 Å². The quantitative estimate of drug-likeness (QED) is 0.835. The number of benzene rings is 1. The number of rotatable bonds is 6. The van der Waals surface area contributed by atoms with Crippen LogP contribution in [0.15, 0.2) is 24.3 Å². The number of anilines is 1. The lowest BCUT2D eigenvalue weighted by molar-refractivity contribution is 0.239. The average Bonchev–Trinajstić information content (AvgIpc) is 2.34. The Morgan fingerprint density at radius 1 is 1.24 bits per heavy atom. The molecule has 1 rings (SSSR count). The van der Waals surface area contributed by atoms with Gasteiger partial charge in [-0.15, -0.1) is 0 Å². The molecule has 2 amide bonds. The van der Waals surface area contributed by atoms with E-state index in [1.54, 1.807) is 12.1 Å². The van der Waals surface area contributed by atoms with Crippen molar-refractivity contribution in [1.82, 2.24) is 10.6 Å². The molecule has 0 unspecified atom stereocenters. The van der Waals surface area contributed by atoms with Crippen molar-refractivity contribution >= 4 is 21.7 Å². The van der Waals surface area contributed by atoms with Gasteiger partial charge >= 0.3 is 6.03 Å². The van der Waals surface area contributed by atoms with E-state index in [4.69, 9.17) is 0 Å². The zero-order chi connectivity index (χ0) is 16.0. The second-order valence-corrected chi connectivity index (χ2v) is 7.13. The Bertz CT molecular complexity index is 568. The number of carbonyl (C=O) groups excluding carboxylic acids is 1. The predicted molar refractivity (Wildman–Crippen MR) is 85.0 cm³/mol. The Balaban J connectivity index is 2.69. The van der Waals surface area contributed by atoms with Crippen molar-refractivity contribution in [2.24, 2.45) is 0 Å². The fraction of sp³-hybridized carbons (Fsp3) is 0.500. The van der Waals surface area contributed by atoms with Gasteiger partial charge in [-0.05, 0) is 32.9 Å². The zero-order valence-corrected chi connectivity index (χ0v) is 13.7. The van der Waals surface area contributed by atoms with Crippen LogP contribution in [0.25, 0.3) is 0 Å². The molecule has 0 aliphatic carbocycles. The molecule has 0 aromatic heterocycles. The molecule has 118 valence electrons. The van der Waals surface area contributed by atoms with Gasteiger partial charge in [0.1, 0.15) is 0 Å². The van der Waals surface area contributed by atoms with Gasteiger partial charge in [0.05, 0.1) is 18.5 Å². The van der Waals surface area contributed by atoms with Gasteiger partial charge in [0.15, 0.2) is 0 Å². The summed E-state index contributed by atoms with van der Waals surface area (Å²) in [6.45, 7) is 6.07. The molecule has 0 fully saturated rings. The van der Waals surface area contributed by atoms with E-state index in [0.717, 1.165) is 11.8 Å². The van der Waals surface area contributed by atoms with Crippen LogP contribution < -0.4 is 14.9 Å². The number of nitrogens with zero attached hydrogens (tertiary/aromatic N) is 1. The third kappa shape index (κ3) is 6.03. The van der Waals surface area contributed by atoms with Gasteiger partial charge in [-0.3, -0.25) is 4.31 Å². The van der Waals surface area contributed by atoms with Crippen LogP contribution in [0.3, 0.4) is 0 Å². The molecule has 6 nitrogen and oxygen atoms in total. The first-order valence-corrected chi connectivity index (χ1v) is 8.63. The van der Waals surface area contributed by atoms with Gasteiger partial charge in [-0.2, -0.15) is 0 Å². The summed E-state index contributed by atoms with van der Waals surface area (Å²) in [4.78, 5) is 11.5. The fourth-order valence-electron chi connectivity index (χ4n) is 1.78. The molecule has 0 bridgehead atoms. The Kier molecular flexibility index (Phi) is 6.02. The predicted octanol–water partition coefficient (Wildman–Crippen LogP) is 1.47. The molecule has 21 heavy (non-hydrogen) atoms. The molecular formula is C14H23N3O3S. The van der Waals surface area contributed by atoms with Crippen LogP contribution in [0.5, 0.6) is 0 Å². The van der Waals surface area contributed by atoms with Gasteiger partial charge in [0.25, 0.3) is 0 Å². The lowest BCUT2D eigenvalue weighted by Crippen LogP contribution is -2.43. The van der Waals surface area contributed by atoms with Crippen LogP contribution in [-0.4, -0.2) is 39.8 Å². The first kappa shape index (κ1) is 17.3. The standard InChI is InChI=1S/C14H23N3O3S/c1-11(2)16-14(18)15-9-10-17(21(4,19)20)13-7-5-12(3)6-8-13/h5-8,11H,9-10H2,1-4H3,(H2,15,16,18). The molecule has 0 saturated carbocycles. The van der Waals surface area contributed by atoms with Gasteiger partial charge in [0, 0.05) is 12.6 Å². The first-order valence-electron chi connectivity index (χ1n) is 6.79. The molecule has 0 saturated heterocycles. The Morgan fingerprint density at radius 3 is 2.29 bits per heavy atom. The SMILES string of the molecule is Cc1ccc(N(CCNC(=O)NC(C)C)S(C)(=O)=O)cc1. The minimum atomic E-state index is -3.39. The maximum Gasteiger partial charge on any atom is 0.315 e. The van der Waals surface area contributed by atoms with E-state index in [0.29, 0.717) is 5.69 Å². The normalized spacial score (nSPS) is 11.3. The third-order valence-electron chi connectivity index (χ3n) is 2.74. The van der Waals surface area contributed by atoms with Crippen molar-refractivity contribution in [3.05, 3.63) is 29.8 Å². The summed E-state index contributed by atoms with van der Waals surface area (Å²) in [5.41, 5.74) is 1.65. The Morgan fingerprint density at radius 2 is 1.81 bits per heavy atom. The van der Waals surface area contributed by atoms with Crippen molar-refractivity contribution < 1.29 is 13.2 Å². The molecule has 0 spiro atoms. The number of urea groups is 1. The molecule has 0 atom stereocenters. The Hall–Kier alpha value is -1.76. The third-order valence-corrected chi connectivity index (χ3v) is 3.94. The monoisotopic (exact) mass is 313 g/mol. The van der Waals surface area contributed by atoms with Gasteiger partial charge < -0.3 is 10.6 Å². The van der Waals surface area contributed by atoms with Crippen LogP contribution in [0.1, 0.15) is 19.4 Å². The summed E-state index contributed by atoms with van der Waals surface area (Å²) in [7, 11) is -3.39. The lowest BCUT2D eigenvalue weighted by atomic mass is 10.2. The second-order valence-electron chi connectivity index (χ2n) is 5.23. The molecule has 1 aromatic rings. The van der Waals surface area contributed by atoms with Crippen LogP contribution in [0.2, 0.25) is 0 Å². The van der Waals surface area contributed by atoms with Gasteiger partial charge in [-0.1, -0.05) is 17.7 Å². The van der Waals surface area contributed by atoms with E-state index in [-0.39, 0.29) is 25.2 Å². The van der Waals surface area contributed by atoms with Crippen molar-refractivity contribution in [3.63, 3.8) is 0 Å². The zero-order valence-electron chi connectivity index (χ0n) is 12.9. The van der Waals surface area contributed by atoms with E-state index in [1.165, 1.54) is 4.31 Å². The van der Waals surface area contributed by atoms with Crippen LogP contribution >= 0.6 is 0 Å². The highest BCUT2D eigenvalue weighted by atomic mass is 32.2. The minimum Gasteiger partial charge on any atom is -0.336 e. The maximum atomic E-state index is 11.9. The van der Waals surface area contributed by atoms with Crippen molar-refractivity contribution in [1.29, 1.82) is 0 Å². The first-order chi connectivity index (χ1) is 9.70. The maximum absolute atomic E-state index is 11.9. The second kappa shape index (κ2) is 7.31. The number of sulfonamides is 1. The van der Waals surface area contributed by atoms with E-state index in [1.807, 2.05) is 32.9 Å². The lowest BCUT2D eigenvalue weighted by Gasteiger charge is -2.23. The highest BCUT2D eigenvalue weighted by molar-refractivity contribution is 7.92. The molecule has 1 aromatic carbocycles. The molecule has 0 heterocycles. The summed E-state index contributed by atoms with van der Waals surface area (Å²) >= 11 is 0. The summed E-state index contributed by atoms with van der Waals surface area (Å²) < 4.78 is 25.0. The molecule has 2 N–H and O–H groups in total. The van der Waals surface area contributed by atoms with E-state index < -0.39 is 10.0 Å². The smallest absolute Gasteiger partial charge is 0.315 e. The molecule has 0 aliphatic heterocycles. The average molecular weight is 313 g/mol. The minimum absolute atomic E-state index is 0.0353. The van der Waals surface area contributed by atoms with Crippen molar-refractivity contribution in [3.8, 4) is 0 Å². The fourth-order valence-corrected chi connectivity index (χ4v) is 2.71. The molecule has 0 radical (unpaired) electrons. The summed E-state index contributed by atoms with van der Waals surface area (Å²) in [6.07, 6.45) is 1.15. The number of hydrogen-bond donors (Lipinski definition) is 2. The number of amides is 2. The number of hydrogen-bond acceptors (Lipinski definition) is 3. The number of aryl methyl sites for hydroxylation is 1. The van der Waals surface area contributed by atoms with Gasteiger partial charge in [0.2, 0.25) is 10.0 Å². The van der Waals surface area contributed by atoms with E-state index >= 15 is 0 Å². The summed E-state index contributed by atoms with van der Waals surface area (Å²) in [6, 6.07) is 6.95. The largest absolute Gasteiger partial charge is 0.336 e. The molecule has 0 aliphatic rings.